The van der Waals surface area contributed by atoms with Gasteiger partial charge in [-0.05, 0) is 30.3 Å². The minimum Gasteiger partial charge on any atom is -0.507 e. The highest BCUT2D eigenvalue weighted by atomic mass is 79.9. The van der Waals surface area contributed by atoms with Gasteiger partial charge in [0.1, 0.15) is 11.3 Å². The van der Waals surface area contributed by atoms with Crippen LogP contribution in [0.5, 0.6) is 5.75 Å². The van der Waals surface area contributed by atoms with Crippen LogP contribution in [0, 0.1) is 0 Å². The van der Waals surface area contributed by atoms with Gasteiger partial charge in [-0.2, -0.15) is 0 Å². The zero-order valence-corrected chi connectivity index (χ0v) is 12.2. The lowest BCUT2D eigenvalue weighted by Crippen LogP contribution is -2.19. The number of amides is 2. The molecule has 108 valence electrons. The number of nitrogens with one attached hydrogen (secondary N) is 2. The van der Waals surface area contributed by atoms with Gasteiger partial charge in [0, 0.05) is 21.9 Å². The molecule has 6 nitrogen and oxygen atoms in total. The highest BCUT2D eigenvalue weighted by Gasteiger charge is 2.11. The van der Waals surface area contributed by atoms with Gasteiger partial charge in [0.25, 0.3) is 0 Å². The van der Waals surface area contributed by atoms with Crippen LogP contribution in [-0.4, -0.2) is 22.2 Å². The summed E-state index contributed by atoms with van der Waals surface area (Å²) in [5.41, 5.74) is 0.645. The molecule has 0 bridgehead atoms. The SMILES string of the molecule is O=C(Nc1cccc(Br)c1)Nc1ccc(C(=O)O)c(O)c1. The number of phenols is 1. The monoisotopic (exact) mass is 350 g/mol. The van der Waals surface area contributed by atoms with Crippen molar-refractivity contribution in [3.63, 3.8) is 0 Å². The summed E-state index contributed by atoms with van der Waals surface area (Å²) in [6.45, 7) is 0. The van der Waals surface area contributed by atoms with Crippen LogP contribution in [0.25, 0.3) is 0 Å². The normalized spacial score (nSPS) is 9.95. The molecule has 0 spiro atoms. The quantitative estimate of drug-likeness (QED) is 0.680. The molecular formula is C14H11BrN2O4. The molecule has 21 heavy (non-hydrogen) atoms. The van der Waals surface area contributed by atoms with Gasteiger partial charge in [0.15, 0.2) is 0 Å². The van der Waals surface area contributed by atoms with Crippen LogP contribution < -0.4 is 10.6 Å². The molecule has 0 heterocycles. The van der Waals surface area contributed by atoms with Crippen LogP contribution in [0.4, 0.5) is 16.2 Å². The summed E-state index contributed by atoms with van der Waals surface area (Å²) in [6, 6.07) is 10.3. The number of hydrogen-bond acceptors (Lipinski definition) is 3. The number of halogens is 1. The average Bonchev–Trinajstić information content (AvgIpc) is 2.38. The fourth-order valence-electron chi connectivity index (χ4n) is 1.65. The van der Waals surface area contributed by atoms with Gasteiger partial charge >= 0.3 is 12.0 Å². The Bertz CT molecular complexity index is 703. The number of carbonyl (C=O) groups is 2. The summed E-state index contributed by atoms with van der Waals surface area (Å²) in [6.07, 6.45) is 0. The molecule has 0 saturated carbocycles. The molecule has 2 amide bonds. The Morgan fingerprint density at radius 3 is 2.24 bits per heavy atom. The van der Waals surface area contributed by atoms with Gasteiger partial charge in [-0.15, -0.1) is 0 Å². The number of carboxylic acid groups (broad SMARTS) is 1. The standard InChI is InChI=1S/C14H11BrN2O4/c15-8-2-1-3-9(6-8)16-14(21)17-10-4-5-11(13(19)20)12(18)7-10/h1-7,18H,(H,19,20)(H2,16,17,21). The molecule has 2 rings (SSSR count). The molecule has 0 aliphatic carbocycles. The molecule has 0 aliphatic rings. The lowest BCUT2D eigenvalue weighted by Gasteiger charge is -2.09. The van der Waals surface area contributed by atoms with Crippen LogP contribution >= 0.6 is 15.9 Å². The van der Waals surface area contributed by atoms with Crippen LogP contribution in [0.1, 0.15) is 10.4 Å². The number of hydrogen-bond donors (Lipinski definition) is 4. The maximum atomic E-state index is 11.8. The summed E-state index contributed by atoms with van der Waals surface area (Å²) in [7, 11) is 0. The molecule has 0 unspecified atom stereocenters. The first-order valence-corrected chi connectivity index (χ1v) is 6.65. The van der Waals surface area contributed by atoms with E-state index in [1.54, 1.807) is 18.2 Å². The van der Waals surface area contributed by atoms with E-state index in [1.807, 2.05) is 6.07 Å². The lowest BCUT2D eigenvalue weighted by atomic mass is 10.2. The third-order valence-electron chi connectivity index (χ3n) is 2.57. The zero-order valence-electron chi connectivity index (χ0n) is 10.6. The van der Waals surface area contributed by atoms with Gasteiger partial charge in [-0.3, -0.25) is 0 Å². The maximum Gasteiger partial charge on any atom is 0.339 e. The van der Waals surface area contributed by atoms with Crippen molar-refractivity contribution in [3.05, 3.63) is 52.5 Å². The Balaban J connectivity index is 2.06. The predicted molar refractivity (Wildman–Crippen MR) is 81.8 cm³/mol. The highest BCUT2D eigenvalue weighted by molar-refractivity contribution is 9.10. The Morgan fingerprint density at radius 1 is 1.00 bits per heavy atom. The molecule has 2 aromatic rings. The number of rotatable bonds is 3. The van der Waals surface area contributed by atoms with Crippen molar-refractivity contribution >= 4 is 39.3 Å². The first kappa shape index (κ1) is 14.9. The maximum absolute atomic E-state index is 11.8. The minimum absolute atomic E-state index is 0.229. The number of benzene rings is 2. The summed E-state index contributed by atoms with van der Waals surface area (Å²) in [4.78, 5) is 22.6. The molecule has 2 aromatic carbocycles. The smallest absolute Gasteiger partial charge is 0.339 e. The van der Waals surface area contributed by atoms with Gasteiger partial charge in [-0.25, -0.2) is 9.59 Å². The molecule has 0 atom stereocenters. The molecular weight excluding hydrogens is 340 g/mol. The summed E-state index contributed by atoms with van der Waals surface area (Å²) < 4.78 is 0.823. The molecule has 7 heteroatoms. The minimum atomic E-state index is -1.24. The Morgan fingerprint density at radius 2 is 1.67 bits per heavy atom. The topological polar surface area (TPSA) is 98.7 Å². The van der Waals surface area contributed by atoms with Gasteiger partial charge < -0.3 is 20.8 Å². The second kappa shape index (κ2) is 6.27. The molecule has 0 aromatic heterocycles. The number of aromatic carboxylic acids is 1. The molecule has 4 N–H and O–H groups in total. The third kappa shape index (κ3) is 3.96. The third-order valence-corrected chi connectivity index (χ3v) is 3.06. The van der Waals surface area contributed by atoms with Gasteiger partial charge in [0.05, 0.1) is 0 Å². The van der Waals surface area contributed by atoms with Crippen molar-refractivity contribution in [2.75, 3.05) is 10.6 Å². The molecule has 0 radical (unpaired) electrons. The fourth-order valence-corrected chi connectivity index (χ4v) is 2.05. The van der Waals surface area contributed by atoms with Gasteiger partial charge in [0.2, 0.25) is 0 Å². The Kier molecular flexibility index (Phi) is 4.44. The van der Waals surface area contributed by atoms with Crippen molar-refractivity contribution in [3.8, 4) is 5.75 Å². The lowest BCUT2D eigenvalue weighted by molar-refractivity contribution is 0.0694. The second-order valence-electron chi connectivity index (χ2n) is 4.13. The van der Waals surface area contributed by atoms with Crippen LogP contribution in [0.15, 0.2) is 46.9 Å². The van der Waals surface area contributed by atoms with E-state index in [0.29, 0.717) is 5.69 Å². The number of urea groups is 1. The van der Waals surface area contributed by atoms with Crippen molar-refractivity contribution in [2.45, 2.75) is 0 Å². The number of anilines is 2. The van der Waals surface area contributed by atoms with E-state index in [-0.39, 0.29) is 11.3 Å². The largest absolute Gasteiger partial charge is 0.507 e. The average molecular weight is 351 g/mol. The van der Waals surface area contributed by atoms with Crippen molar-refractivity contribution in [1.82, 2.24) is 0 Å². The van der Waals surface area contributed by atoms with E-state index in [9.17, 15) is 14.7 Å². The van der Waals surface area contributed by atoms with Crippen LogP contribution in [-0.2, 0) is 0 Å². The first-order chi connectivity index (χ1) is 9.95. The van der Waals surface area contributed by atoms with Crippen LogP contribution in [0.3, 0.4) is 0 Å². The van der Waals surface area contributed by atoms with Crippen molar-refractivity contribution in [2.24, 2.45) is 0 Å². The van der Waals surface area contributed by atoms with E-state index >= 15 is 0 Å². The second-order valence-corrected chi connectivity index (χ2v) is 5.04. The van der Waals surface area contributed by atoms with Crippen molar-refractivity contribution < 1.29 is 19.8 Å². The summed E-state index contributed by atoms with van der Waals surface area (Å²) in [5, 5.41) is 23.4. The highest BCUT2D eigenvalue weighted by Crippen LogP contribution is 2.22. The van der Waals surface area contributed by atoms with E-state index in [4.69, 9.17) is 5.11 Å². The number of carbonyl (C=O) groups excluding carboxylic acids is 1. The number of aromatic hydroxyl groups is 1. The molecule has 0 saturated heterocycles. The van der Waals surface area contributed by atoms with Crippen LogP contribution in [0.2, 0.25) is 0 Å². The predicted octanol–water partition coefficient (Wildman–Crippen LogP) is 3.50. The first-order valence-electron chi connectivity index (χ1n) is 5.85. The Labute approximate surface area is 128 Å². The van der Waals surface area contributed by atoms with E-state index in [1.165, 1.54) is 18.2 Å². The number of carboxylic acids is 1. The van der Waals surface area contributed by atoms with Gasteiger partial charge in [-0.1, -0.05) is 22.0 Å². The van der Waals surface area contributed by atoms with E-state index < -0.39 is 17.7 Å². The Hall–Kier alpha value is -2.54. The molecule has 0 aliphatic heterocycles. The molecule has 0 fully saturated rings. The summed E-state index contributed by atoms with van der Waals surface area (Å²) in [5.74, 6) is -1.65. The van der Waals surface area contributed by atoms with E-state index in [0.717, 1.165) is 4.47 Å². The van der Waals surface area contributed by atoms with E-state index in [2.05, 4.69) is 26.6 Å². The fraction of sp³-hybridized carbons (Fsp3) is 0. The zero-order chi connectivity index (χ0) is 15.4. The summed E-state index contributed by atoms with van der Waals surface area (Å²) >= 11 is 3.29. The van der Waals surface area contributed by atoms with Crippen molar-refractivity contribution in [1.29, 1.82) is 0 Å².